The summed E-state index contributed by atoms with van der Waals surface area (Å²) in [5, 5.41) is 14.2. The Balaban J connectivity index is 2.09. The molecule has 2 aromatic rings. The van der Waals surface area contributed by atoms with Crippen LogP contribution in [-0.2, 0) is 0 Å². The molecule has 4 heteroatoms. The molecular formula is C17H20N2O2. The fourth-order valence-electron chi connectivity index (χ4n) is 2.52. The lowest BCUT2D eigenvalue weighted by Gasteiger charge is -2.22. The van der Waals surface area contributed by atoms with Gasteiger partial charge in [-0.2, -0.15) is 0 Å². The van der Waals surface area contributed by atoms with Crippen LogP contribution in [0.15, 0.2) is 48.5 Å². The lowest BCUT2D eigenvalue weighted by Crippen LogP contribution is -2.23. The molecule has 0 fully saturated rings. The molecule has 0 amide bonds. The molecule has 0 bridgehead atoms. The fraction of sp³-hybridized carbons (Fsp3) is 0.294. The van der Waals surface area contributed by atoms with E-state index in [0.717, 1.165) is 5.56 Å². The fourth-order valence-corrected chi connectivity index (χ4v) is 2.52. The van der Waals surface area contributed by atoms with E-state index in [0.29, 0.717) is 0 Å². The van der Waals surface area contributed by atoms with Gasteiger partial charge in [-0.1, -0.05) is 36.4 Å². The van der Waals surface area contributed by atoms with Crippen molar-refractivity contribution in [3.63, 3.8) is 0 Å². The summed E-state index contributed by atoms with van der Waals surface area (Å²) in [4.78, 5) is 10.3. The summed E-state index contributed by atoms with van der Waals surface area (Å²) in [5.74, 6) is 0. The van der Waals surface area contributed by atoms with E-state index in [4.69, 9.17) is 0 Å². The molecule has 0 aliphatic rings. The monoisotopic (exact) mass is 284 g/mol. The number of nitrogens with zero attached hydrogens (tertiary/aromatic N) is 1. The Kier molecular flexibility index (Phi) is 4.70. The van der Waals surface area contributed by atoms with Gasteiger partial charge in [0.05, 0.1) is 4.92 Å². The first-order chi connectivity index (χ1) is 9.99. The smallest absolute Gasteiger partial charge is 0.269 e. The van der Waals surface area contributed by atoms with Gasteiger partial charge in [0.25, 0.3) is 5.69 Å². The third kappa shape index (κ3) is 3.67. The number of benzene rings is 2. The number of hydrogen-bond acceptors (Lipinski definition) is 3. The zero-order valence-corrected chi connectivity index (χ0v) is 12.5. The van der Waals surface area contributed by atoms with Crippen LogP contribution < -0.4 is 5.32 Å². The summed E-state index contributed by atoms with van der Waals surface area (Å²) >= 11 is 0. The van der Waals surface area contributed by atoms with Crippen LogP contribution >= 0.6 is 0 Å². The number of hydrogen-bond donors (Lipinski definition) is 1. The second-order valence-corrected chi connectivity index (χ2v) is 5.32. The molecule has 0 saturated carbocycles. The molecule has 0 saturated heterocycles. The quantitative estimate of drug-likeness (QED) is 0.657. The van der Waals surface area contributed by atoms with Crippen molar-refractivity contribution >= 4 is 5.69 Å². The molecule has 0 aliphatic carbocycles. The molecule has 2 aromatic carbocycles. The van der Waals surface area contributed by atoms with Crippen LogP contribution in [0.25, 0.3) is 0 Å². The zero-order valence-electron chi connectivity index (χ0n) is 12.5. The van der Waals surface area contributed by atoms with Gasteiger partial charge in [-0.15, -0.1) is 0 Å². The molecule has 0 spiro atoms. The second kappa shape index (κ2) is 6.50. The van der Waals surface area contributed by atoms with Gasteiger partial charge >= 0.3 is 0 Å². The first-order valence-electron chi connectivity index (χ1n) is 7.05. The highest BCUT2D eigenvalue weighted by molar-refractivity contribution is 5.34. The third-order valence-corrected chi connectivity index (χ3v) is 3.76. The number of aryl methyl sites for hydroxylation is 1. The Morgan fingerprint density at radius 1 is 1.00 bits per heavy atom. The standard InChI is InChI=1S/C17H20N2O2/c1-12-6-4-5-7-17(12)14(3)18-13(2)15-8-10-16(11-9-15)19(20)21/h4-11,13-14,18H,1-3H3/t13?,14-/m0/s1. The average Bonchev–Trinajstić information content (AvgIpc) is 2.47. The van der Waals surface area contributed by atoms with Crippen molar-refractivity contribution in [3.8, 4) is 0 Å². The maximum atomic E-state index is 10.7. The first-order valence-corrected chi connectivity index (χ1v) is 7.05. The minimum absolute atomic E-state index is 0.123. The predicted molar refractivity (Wildman–Crippen MR) is 84.2 cm³/mol. The van der Waals surface area contributed by atoms with Crippen molar-refractivity contribution in [3.05, 3.63) is 75.3 Å². The topological polar surface area (TPSA) is 55.2 Å². The van der Waals surface area contributed by atoms with Gasteiger partial charge in [-0.05, 0) is 37.5 Å². The van der Waals surface area contributed by atoms with Crippen molar-refractivity contribution < 1.29 is 4.92 Å². The predicted octanol–water partition coefficient (Wildman–Crippen LogP) is 4.32. The molecule has 1 unspecified atom stereocenters. The molecule has 21 heavy (non-hydrogen) atoms. The second-order valence-electron chi connectivity index (χ2n) is 5.32. The van der Waals surface area contributed by atoms with Gasteiger partial charge in [0.15, 0.2) is 0 Å². The minimum atomic E-state index is -0.377. The van der Waals surface area contributed by atoms with E-state index in [-0.39, 0.29) is 22.7 Å². The van der Waals surface area contributed by atoms with Gasteiger partial charge in [-0.3, -0.25) is 10.1 Å². The molecule has 0 aromatic heterocycles. The molecular weight excluding hydrogens is 264 g/mol. The molecule has 2 rings (SSSR count). The Morgan fingerprint density at radius 2 is 1.62 bits per heavy atom. The highest BCUT2D eigenvalue weighted by atomic mass is 16.6. The van der Waals surface area contributed by atoms with Gasteiger partial charge in [0, 0.05) is 24.2 Å². The van der Waals surface area contributed by atoms with Crippen LogP contribution in [0.1, 0.15) is 42.6 Å². The SMILES string of the molecule is Cc1ccccc1[C@H](C)NC(C)c1ccc([N+](=O)[O-])cc1. The van der Waals surface area contributed by atoms with Gasteiger partial charge in [-0.25, -0.2) is 0 Å². The average molecular weight is 284 g/mol. The molecule has 110 valence electrons. The van der Waals surface area contributed by atoms with E-state index in [1.165, 1.54) is 11.1 Å². The molecule has 0 radical (unpaired) electrons. The van der Waals surface area contributed by atoms with Gasteiger partial charge < -0.3 is 5.32 Å². The number of nitro groups is 1. The summed E-state index contributed by atoms with van der Waals surface area (Å²) in [6, 6.07) is 15.3. The Labute approximate surface area is 125 Å². The Bertz CT molecular complexity index is 623. The van der Waals surface area contributed by atoms with Crippen molar-refractivity contribution in [1.82, 2.24) is 5.32 Å². The summed E-state index contributed by atoms with van der Waals surface area (Å²) in [7, 11) is 0. The highest BCUT2D eigenvalue weighted by Crippen LogP contribution is 2.23. The molecule has 1 N–H and O–H groups in total. The maximum Gasteiger partial charge on any atom is 0.269 e. The highest BCUT2D eigenvalue weighted by Gasteiger charge is 2.13. The maximum absolute atomic E-state index is 10.7. The van der Waals surface area contributed by atoms with E-state index in [1.807, 2.05) is 12.1 Å². The normalized spacial score (nSPS) is 13.7. The molecule has 4 nitrogen and oxygen atoms in total. The van der Waals surface area contributed by atoms with E-state index in [2.05, 4.69) is 38.2 Å². The van der Waals surface area contributed by atoms with Gasteiger partial charge in [0.2, 0.25) is 0 Å². The summed E-state index contributed by atoms with van der Waals surface area (Å²) in [6.07, 6.45) is 0. The van der Waals surface area contributed by atoms with Crippen LogP contribution in [0, 0.1) is 17.0 Å². The van der Waals surface area contributed by atoms with Crippen LogP contribution in [0.2, 0.25) is 0 Å². The Morgan fingerprint density at radius 3 is 2.19 bits per heavy atom. The largest absolute Gasteiger partial charge is 0.304 e. The summed E-state index contributed by atoms with van der Waals surface area (Å²) < 4.78 is 0. The van der Waals surface area contributed by atoms with Crippen LogP contribution in [0.4, 0.5) is 5.69 Å². The van der Waals surface area contributed by atoms with E-state index >= 15 is 0 Å². The molecule has 0 heterocycles. The van der Waals surface area contributed by atoms with Crippen LogP contribution in [0.5, 0.6) is 0 Å². The van der Waals surface area contributed by atoms with Crippen molar-refractivity contribution in [2.75, 3.05) is 0 Å². The lowest BCUT2D eigenvalue weighted by atomic mass is 10.0. The van der Waals surface area contributed by atoms with Crippen LogP contribution in [0.3, 0.4) is 0 Å². The Hall–Kier alpha value is -2.20. The molecule has 2 atom stereocenters. The summed E-state index contributed by atoms with van der Waals surface area (Å²) in [5.41, 5.74) is 3.69. The zero-order chi connectivity index (χ0) is 15.4. The lowest BCUT2D eigenvalue weighted by molar-refractivity contribution is -0.384. The van der Waals surface area contributed by atoms with E-state index < -0.39 is 0 Å². The van der Waals surface area contributed by atoms with E-state index in [1.54, 1.807) is 24.3 Å². The number of nitrogens with one attached hydrogen (secondary N) is 1. The molecule has 0 aliphatic heterocycles. The van der Waals surface area contributed by atoms with Crippen molar-refractivity contribution in [2.24, 2.45) is 0 Å². The van der Waals surface area contributed by atoms with Crippen molar-refractivity contribution in [1.29, 1.82) is 0 Å². The first kappa shape index (κ1) is 15.2. The number of rotatable bonds is 5. The number of nitro benzene ring substituents is 1. The van der Waals surface area contributed by atoms with E-state index in [9.17, 15) is 10.1 Å². The van der Waals surface area contributed by atoms with Crippen molar-refractivity contribution in [2.45, 2.75) is 32.9 Å². The number of non-ortho nitro benzene ring substituents is 1. The third-order valence-electron chi connectivity index (χ3n) is 3.76. The van der Waals surface area contributed by atoms with Gasteiger partial charge in [0.1, 0.15) is 0 Å². The summed E-state index contributed by atoms with van der Waals surface area (Å²) in [6.45, 7) is 6.30. The van der Waals surface area contributed by atoms with Crippen LogP contribution in [-0.4, -0.2) is 4.92 Å². The minimum Gasteiger partial charge on any atom is -0.304 e.